The van der Waals surface area contributed by atoms with Crippen molar-refractivity contribution in [2.75, 3.05) is 13.9 Å². The molecule has 1 heterocycles. The summed E-state index contributed by atoms with van der Waals surface area (Å²) in [6, 6.07) is 5.14. The quantitative estimate of drug-likeness (QED) is 0.725. The maximum absolute atomic E-state index is 11.1. The van der Waals surface area contributed by atoms with E-state index in [1.807, 2.05) is 0 Å². The average Bonchev–Trinajstić information content (AvgIpc) is 2.75. The van der Waals surface area contributed by atoms with Crippen molar-refractivity contribution in [2.24, 2.45) is 0 Å². The van der Waals surface area contributed by atoms with Gasteiger partial charge in [-0.3, -0.25) is 0 Å². The lowest BCUT2D eigenvalue weighted by Crippen LogP contribution is -2.24. The molecule has 2 rings (SSSR count). The molecule has 1 aliphatic rings. The van der Waals surface area contributed by atoms with Gasteiger partial charge >= 0.3 is 5.97 Å². The molecule has 5 nitrogen and oxygen atoms in total. The number of carbonyl (C=O) groups is 1. The zero-order valence-electron chi connectivity index (χ0n) is 9.06. The zero-order chi connectivity index (χ0) is 11.5. The van der Waals surface area contributed by atoms with E-state index in [-0.39, 0.29) is 6.79 Å². The van der Waals surface area contributed by atoms with Gasteiger partial charge in [0.25, 0.3) is 0 Å². The fourth-order valence-electron chi connectivity index (χ4n) is 1.37. The highest BCUT2D eigenvalue weighted by atomic mass is 16.7. The minimum Gasteiger partial charge on any atom is -0.479 e. The van der Waals surface area contributed by atoms with Crippen molar-refractivity contribution in [1.82, 2.24) is 0 Å². The van der Waals surface area contributed by atoms with E-state index in [9.17, 15) is 4.79 Å². The summed E-state index contributed by atoms with van der Waals surface area (Å²) in [5, 5.41) is 0. The van der Waals surface area contributed by atoms with E-state index in [0.717, 1.165) is 0 Å². The third-order valence-electron chi connectivity index (χ3n) is 2.19. The van der Waals surface area contributed by atoms with Crippen LogP contribution in [0.3, 0.4) is 0 Å². The van der Waals surface area contributed by atoms with E-state index in [0.29, 0.717) is 17.2 Å². The lowest BCUT2D eigenvalue weighted by atomic mass is 10.3. The molecule has 0 saturated carbocycles. The fourth-order valence-corrected chi connectivity index (χ4v) is 1.37. The average molecular weight is 224 g/mol. The highest BCUT2D eigenvalue weighted by Crippen LogP contribution is 2.35. The van der Waals surface area contributed by atoms with E-state index in [4.69, 9.17) is 14.2 Å². The summed E-state index contributed by atoms with van der Waals surface area (Å²) in [5.74, 6) is 1.42. The summed E-state index contributed by atoms with van der Waals surface area (Å²) in [6.07, 6.45) is -0.648. The Morgan fingerprint density at radius 2 is 2.12 bits per heavy atom. The normalized spacial score (nSPS) is 14.4. The van der Waals surface area contributed by atoms with Crippen LogP contribution in [0.4, 0.5) is 0 Å². The number of fused-ring (bicyclic) bond motifs is 1. The molecule has 0 amide bonds. The molecule has 0 fully saturated rings. The largest absolute Gasteiger partial charge is 0.479 e. The van der Waals surface area contributed by atoms with Crippen molar-refractivity contribution in [2.45, 2.75) is 13.0 Å². The van der Waals surface area contributed by atoms with Crippen molar-refractivity contribution in [1.29, 1.82) is 0 Å². The zero-order valence-corrected chi connectivity index (χ0v) is 9.06. The van der Waals surface area contributed by atoms with Crippen LogP contribution in [0.15, 0.2) is 18.2 Å². The van der Waals surface area contributed by atoms with E-state index in [1.165, 1.54) is 7.11 Å². The minimum absolute atomic E-state index is 0.214. The fraction of sp³-hybridized carbons (Fsp3) is 0.364. The Balaban J connectivity index is 2.08. The van der Waals surface area contributed by atoms with Gasteiger partial charge in [-0.1, -0.05) is 0 Å². The molecule has 1 atom stereocenters. The first kappa shape index (κ1) is 10.6. The predicted molar refractivity (Wildman–Crippen MR) is 54.7 cm³/mol. The maximum Gasteiger partial charge on any atom is 0.346 e. The van der Waals surface area contributed by atoms with E-state index in [1.54, 1.807) is 25.1 Å². The Kier molecular flexibility index (Phi) is 2.85. The molecule has 0 unspecified atom stereocenters. The molecule has 0 spiro atoms. The van der Waals surface area contributed by atoms with E-state index < -0.39 is 12.1 Å². The lowest BCUT2D eigenvalue weighted by molar-refractivity contribution is -0.147. The van der Waals surface area contributed by atoms with Gasteiger partial charge in [0.15, 0.2) is 17.6 Å². The van der Waals surface area contributed by atoms with Crippen molar-refractivity contribution < 1.29 is 23.7 Å². The van der Waals surface area contributed by atoms with Gasteiger partial charge in [-0.05, 0) is 19.1 Å². The third-order valence-corrected chi connectivity index (χ3v) is 2.19. The lowest BCUT2D eigenvalue weighted by Gasteiger charge is -2.12. The SMILES string of the molecule is COC(=O)[C@H](C)Oc1ccc2c(c1)OCO2. The van der Waals surface area contributed by atoms with Crippen LogP contribution in [-0.2, 0) is 9.53 Å². The maximum atomic E-state index is 11.1. The molecule has 1 aromatic carbocycles. The summed E-state index contributed by atoms with van der Waals surface area (Å²) >= 11 is 0. The molecule has 86 valence electrons. The second kappa shape index (κ2) is 4.30. The first-order valence-electron chi connectivity index (χ1n) is 4.85. The second-order valence-corrected chi connectivity index (χ2v) is 3.30. The molecule has 1 aromatic rings. The monoisotopic (exact) mass is 224 g/mol. The number of benzene rings is 1. The Morgan fingerprint density at radius 1 is 1.38 bits per heavy atom. The molecular weight excluding hydrogens is 212 g/mol. The van der Waals surface area contributed by atoms with Gasteiger partial charge in [-0.2, -0.15) is 0 Å². The molecular formula is C11H12O5. The summed E-state index contributed by atoms with van der Waals surface area (Å²) < 4.78 is 20.3. The van der Waals surface area contributed by atoms with E-state index in [2.05, 4.69) is 4.74 Å². The number of esters is 1. The van der Waals surface area contributed by atoms with Crippen LogP contribution in [-0.4, -0.2) is 26.0 Å². The van der Waals surface area contributed by atoms with Crippen LogP contribution in [0.25, 0.3) is 0 Å². The number of carbonyl (C=O) groups excluding carboxylic acids is 1. The first-order chi connectivity index (χ1) is 7.70. The van der Waals surface area contributed by atoms with Gasteiger partial charge < -0.3 is 18.9 Å². The first-order valence-corrected chi connectivity index (χ1v) is 4.85. The standard InChI is InChI=1S/C11H12O5/c1-7(11(12)13-2)16-8-3-4-9-10(5-8)15-6-14-9/h3-5,7H,6H2,1-2H3/t7-/m0/s1. The molecule has 0 saturated heterocycles. The smallest absolute Gasteiger partial charge is 0.346 e. The summed E-state index contributed by atoms with van der Waals surface area (Å²) in [4.78, 5) is 11.1. The Hall–Kier alpha value is -1.91. The summed E-state index contributed by atoms with van der Waals surface area (Å²) in [6.45, 7) is 1.84. The van der Waals surface area contributed by atoms with Crippen LogP contribution in [0, 0.1) is 0 Å². The topological polar surface area (TPSA) is 54.0 Å². The van der Waals surface area contributed by atoms with Crippen LogP contribution in [0.1, 0.15) is 6.92 Å². The molecule has 0 radical (unpaired) electrons. The Morgan fingerprint density at radius 3 is 2.88 bits per heavy atom. The number of hydrogen-bond acceptors (Lipinski definition) is 5. The van der Waals surface area contributed by atoms with Crippen LogP contribution in [0.2, 0.25) is 0 Å². The number of methoxy groups -OCH3 is 1. The predicted octanol–water partition coefficient (Wildman–Crippen LogP) is 1.36. The molecule has 5 heteroatoms. The van der Waals surface area contributed by atoms with Gasteiger partial charge in [-0.15, -0.1) is 0 Å². The molecule has 0 N–H and O–H groups in total. The van der Waals surface area contributed by atoms with Crippen LogP contribution < -0.4 is 14.2 Å². The van der Waals surface area contributed by atoms with Gasteiger partial charge in [0, 0.05) is 6.07 Å². The Labute approximate surface area is 92.9 Å². The van der Waals surface area contributed by atoms with Crippen LogP contribution in [0.5, 0.6) is 17.2 Å². The minimum atomic E-state index is -0.648. The van der Waals surface area contributed by atoms with Crippen molar-refractivity contribution >= 4 is 5.97 Å². The Bertz CT molecular complexity index is 401. The molecule has 0 aliphatic carbocycles. The number of hydrogen-bond donors (Lipinski definition) is 0. The van der Waals surface area contributed by atoms with Crippen molar-refractivity contribution in [3.05, 3.63) is 18.2 Å². The highest BCUT2D eigenvalue weighted by Gasteiger charge is 2.18. The third kappa shape index (κ3) is 2.03. The number of ether oxygens (including phenoxy) is 4. The van der Waals surface area contributed by atoms with E-state index >= 15 is 0 Å². The van der Waals surface area contributed by atoms with Gasteiger partial charge in [0.2, 0.25) is 6.79 Å². The van der Waals surface area contributed by atoms with Gasteiger partial charge in [0.05, 0.1) is 7.11 Å². The summed E-state index contributed by atoms with van der Waals surface area (Å²) in [7, 11) is 1.32. The summed E-state index contributed by atoms with van der Waals surface area (Å²) in [5.41, 5.74) is 0. The molecule has 1 aliphatic heterocycles. The van der Waals surface area contributed by atoms with Crippen molar-refractivity contribution in [3.63, 3.8) is 0 Å². The van der Waals surface area contributed by atoms with Crippen molar-refractivity contribution in [3.8, 4) is 17.2 Å². The molecule has 0 aromatic heterocycles. The van der Waals surface area contributed by atoms with Gasteiger partial charge in [0.1, 0.15) is 5.75 Å². The molecule has 0 bridgehead atoms. The van der Waals surface area contributed by atoms with Gasteiger partial charge in [-0.25, -0.2) is 4.79 Å². The second-order valence-electron chi connectivity index (χ2n) is 3.30. The number of rotatable bonds is 3. The van der Waals surface area contributed by atoms with Crippen LogP contribution >= 0.6 is 0 Å². The highest BCUT2D eigenvalue weighted by molar-refractivity contribution is 5.74. The molecule has 16 heavy (non-hydrogen) atoms.